The van der Waals surface area contributed by atoms with E-state index < -0.39 is 17.6 Å². The zero-order chi connectivity index (χ0) is 26.6. The Morgan fingerprint density at radius 3 is 1.63 bits per heavy atom. The van der Waals surface area contributed by atoms with Crippen LogP contribution in [-0.2, 0) is 20.1 Å². The Morgan fingerprint density at radius 1 is 0.737 bits per heavy atom. The fourth-order valence-corrected chi connectivity index (χ4v) is 2.92. The van der Waals surface area contributed by atoms with Crippen molar-refractivity contribution in [3.8, 4) is 22.5 Å². The molecule has 0 amide bonds. The summed E-state index contributed by atoms with van der Waals surface area (Å²) in [7, 11) is 0. The van der Waals surface area contributed by atoms with Crippen molar-refractivity contribution in [2.24, 2.45) is 0 Å². The molecule has 9 heteroatoms. The Kier molecular flexibility index (Phi) is 12.0. The molecule has 0 saturated heterocycles. The molecule has 2 aromatic carbocycles. The Hall–Kier alpha value is -4.20. The van der Waals surface area contributed by atoms with Crippen molar-refractivity contribution in [2.45, 2.75) is 6.92 Å². The first-order chi connectivity index (χ1) is 17.8. The molecular weight excluding hydrogens is 672 g/mol. The number of halogens is 3. The van der Waals surface area contributed by atoms with Gasteiger partial charge in [-0.2, -0.15) is 0 Å². The number of aryl methyl sites for hydroxylation is 1. The van der Waals surface area contributed by atoms with E-state index in [-0.39, 0.29) is 37.2 Å². The van der Waals surface area contributed by atoms with E-state index in [1.165, 1.54) is 18.3 Å². The van der Waals surface area contributed by atoms with Gasteiger partial charge in [-0.3, -0.25) is 13.2 Å². The molecular formula is C29H20F3IrN3O2-2. The number of pyridine rings is 3. The number of aromatic nitrogens is 3. The van der Waals surface area contributed by atoms with Crippen molar-refractivity contribution in [2.75, 3.05) is 0 Å². The second-order valence-corrected chi connectivity index (χ2v) is 7.39. The minimum Gasteiger partial charge on any atom is -0.477 e. The van der Waals surface area contributed by atoms with Crippen molar-refractivity contribution in [3.05, 3.63) is 138 Å². The van der Waals surface area contributed by atoms with E-state index in [9.17, 15) is 18.0 Å². The molecule has 0 unspecified atom stereocenters. The number of rotatable bonds is 3. The molecule has 195 valence electrons. The van der Waals surface area contributed by atoms with Gasteiger partial charge in [0.1, 0.15) is 5.69 Å². The summed E-state index contributed by atoms with van der Waals surface area (Å²) in [5, 5.41) is 8.32. The summed E-state index contributed by atoms with van der Waals surface area (Å²) in [5.41, 5.74) is 2.62. The summed E-state index contributed by atoms with van der Waals surface area (Å²) in [6.07, 6.45) is 4.64. The van der Waals surface area contributed by atoms with Gasteiger partial charge in [0, 0.05) is 56.1 Å². The Bertz CT molecular complexity index is 1360. The number of aromatic carboxylic acids is 1. The summed E-state index contributed by atoms with van der Waals surface area (Å²) in [5.74, 6) is -2.55. The van der Waals surface area contributed by atoms with Crippen LogP contribution in [0.4, 0.5) is 13.2 Å². The van der Waals surface area contributed by atoms with Crippen LogP contribution in [-0.4, -0.2) is 26.0 Å². The number of hydrogen-bond donors (Lipinski definition) is 1. The predicted octanol–water partition coefficient (Wildman–Crippen LogP) is 6.60. The largest absolute Gasteiger partial charge is 0.477 e. The normalized spacial score (nSPS) is 9.58. The average molecular weight is 692 g/mol. The van der Waals surface area contributed by atoms with Gasteiger partial charge in [0.25, 0.3) is 0 Å². The van der Waals surface area contributed by atoms with Crippen LogP contribution >= 0.6 is 0 Å². The number of hydrogen-bond acceptors (Lipinski definition) is 4. The molecule has 0 aliphatic rings. The van der Waals surface area contributed by atoms with Crippen LogP contribution in [0.1, 0.15) is 16.1 Å². The molecule has 3 heterocycles. The van der Waals surface area contributed by atoms with Gasteiger partial charge in [-0.25, -0.2) is 9.78 Å². The molecule has 0 bridgehead atoms. The Balaban J connectivity index is 0.000000203. The molecule has 0 aliphatic heterocycles. The first-order valence-electron chi connectivity index (χ1n) is 10.9. The van der Waals surface area contributed by atoms with E-state index in [4.69, 9.17) is 5.11 Å². The summed E-state index contributed by atoms with van der Waals surface area (Å²) in [4.78, 5) is 21.7. The van der Waals surface area contributed by atoms with Gasteiger partial charge in [0.15, 0.2) is 0 Å². The zero-order valence-corrected chi connectivity index (χ0v) is 22.3. The van der Waals surface area contributed by atoms with Crippen LogP contribution in [0.5, 0.6) is 0 Å². The van der Waals surface area contributed by atoms with Crippen molar-refractivity contribution in [3.63, 3.8) is 0 Å². The van der Waals surface area contributed by atoms with E-state index in [0.717, 1.165) is 17.7 Å². The van der Waals surface area contributed by atoms with Crippen LogP contribution in [0, 0.1) is 36.5 Å². The number of nitrogens with zero attached hydrogens (tertiary/aromatic N) is 3. The van der Waals surface area contributed by atoms with E-state index in [2.05, 4.69) is 27.1 Å². The van der Waals surface area contributed by atoms with E-state index >= 15 is 0 Å². The number of benzene rings is 2. The molecule has 38 heavy (non-hydrogen) atoms. The minimum absolute atomic E-state index is 0. The summed E-state index contributed by atoms with van der Waals surface area (Å²) >= 11 is 0. The summed E-state index contributed by atoms with van der Waals surface area (Å²) in [6, 6.07) is 25.8. The Labute approximate surface area is 231 Å². The predicted molar refractivity (Wildman–Crippen MR) is 133 cm³/mol. The third-order valence-corrected chi connectivity index (χ3v) is 4.62. The van der Waals surface area contributed by atoms with Crippen LogP contribution in [0.25, 0.3) is 22.5 Å². The maximum Gasteiger partial charge on any atom is 0.354 e. The van der Waals surface area contributed by atoms with Gasteiger partial charge in [-0.05, 0) is 35.7 Å². The van der Waals surface area contributed by atoms with Crippen molar-refractivity contribution in [1.29, 1.82) is 0 Å². The van der Waals surface area contributed by atoms with Gasteiger partial charge in [-0.1, -0.05) is 54.4 Å². The monoisotopic (exact) mass is 692 g/mol. The third kappa shape index (κ3) is 9.03. The average Bonchev–Trinajstić information content (AvgIpc) is 2.91. The number of carboxylic acids is 1. The molecule has 3 aromatic heterocycles. The van der Waals surface area contributed by atoms with Gasteiger partial charge >= 0.3 is 5.97 Å². The maximum absolute atomic E-state index is 13.5. The minimum atomic E-state index is -0.990. The number of carboxylic acid groups (broad SMARTS) is 1. The quantitative estimate of drug-likeness (QED) is 0.216. The fourth-order valence-electron chi connectivity index (χ4n) is 2.92. The molecule has 0 atom stereocenters. The van der Waals surface area contributed by atoms with Gasteiger partial charge in [-0.15, -0.1) is 35.9 Å². The van der Waals surface area contributed by atoms with Crippen molar-refractivity contribution in [1.82, 2.24) is 15.0 Å². The second-order valence-electron chi connectivity index (χ2n) is 7.39. The topological polar surface area (TPSA) is 76.0 Å². The van der Waals surface area contributed by atoms with Gasteiger partial charge < -0.3 is 15.1 Å². The molecule has 0 saturated carbocycles. The smallest absolute Gasteiger partial charge is 0.354 e. The summed E-state index contributed by atoms with van der Waals surface area (Å²) in [6.45, 7) is 1.84. The van der Waals surface area contributed by atoms with Crippen LogP contribution < -0.4 is 0 Å². The molecule has 5 aromatic rings. The van der Waals surface area contributed by atoms with Crippen LogP contribution in [0.2, 0.25) is 0 Å². The van der Waals surface area contributed by atoms with Crippen LogP contribution in [0.15, 0.2) is 97.5 Å². The molecule has 1 radical (unpaired) electrons. The second kappa shape index (κ2) is 15.1. The van der Waals surface area contributed by atoms with Gasteiger partial charge in [0.2, 0.25) is 0 Å². The molecule has 5 nitrogen and oxygen atoms in total. The molecule has 1 N–H and O–H groups in total. The zero-order valence-electron chi connectivity index (χ0n) is 19.9. The molecule has 0 fully saturated rings. The van der Waals surface area contributed by atoms with E-state index in [1.807, 2.05) is 13.0 Å². The van der Waals surface area contributed by atoms with Gasteiger partial charge in [0.05, 0.1) is 0 Å². The maximum atomic E-state index is 13.5. The molecule has 5 rings (SSSR count). The first kappa shape index (κ1) is 30.0. The first-order valence-corrected chi connectivity index (χ1v) is 10.9. The summed E-state index contributed by atoms with van der Waals surface area (Å²) < 4.78 is 39.3. The number of carbonyl (C=O) groups is 1. The SMILES string of the molecule is Cc1c[c-]c(-c2ccccn2)c(F)c1.Fc1c[c-]c(-c2ccccn2)c(F)c1.O=C(O)c1ccccn1.[Ir]. The fraction of sp³-hybridized carbons (Fsp3) is 0.0345. The molecule has 0 spiro atoms. The van der Waals surface area contributed by atoms with Crippen molar-refractivity contribution >= 4 is 5.97 Å². The Morgan fingerprint density at radius 2 is 1.24 bits per heavy atom. The van der Waals surface area contributed by atoms with E-state index in [1.54, 1.807) is 60.9 Å². The third-order valence-electron chi connectivity index (χ3n) is 4.62. The van der Waals surface area contributed by atoms with E-state index in [0.29, 0.717) is 17.0 Å². The molecule has 0 aliphatic carbocycles. The van der Waals surface area contributed by atoms with Crippen molar-refractivity contribution < 1.29 is 43.2 Å². The van der Waals surface area contributed by atoms with Crippen LogP contribution in [0.3, 0.4) is 0 Å². The standard InChI is InChI=1S/C12H9FN.C11H6F2N.C6H5NO2.Ir/c1-9-5-6-10(11(13)8-9)12-4-2-3-7-14-12;12-8-4-5-9(10(13)7-8)11-3-1-2-6-14-11;8-6(9)5-3-1-2-4-7-5;/h2-5,7-8H,1H3;1-4,6-7H;1-4H,(H,8,9);/q2*-1;;.